The summed E-state index contributed by atoms with van der Waals surface area (Å²) < 4.78 is 5.54. The molecule has 1 amide bonds. The molecule has 20 heavy (non-hydrogen) atoms. The highest BCUT2D eigenvalue weighted by Gasteiger charge is 2.57. The summed E-state index contributed by atoms with van der Waals surface area (Å²) >= 11 is 0. The number of carbonyl (C=O) groups is 1. The van der Waals surface area contributed by atoms with Crippen molar-refractivity contribution in [2.24, 2.45) is 11.8 Å². The van der Waals surface area contributed by atoms with Crippen molar-refractivity contribution >= 4 is 5.91 Å². The Bertz CT molecular complexity index is 416. The number of methoxy groups -OCH3 is 1. The van der Waals surface area contributed by atoms with Crippen LogP contribution in [0.1, 0.15) is 38.5 Å². The van der Waals surface area contributed by atoms with Gasteiger partial charge in [-0.3, -0.25) is 4.79 Å². The zero-order valence-corrected chi connectivity index (χ0v) is 12.0. The Labute approximate surface area is 119 Å². The Morgan fingerprint density at radius 1 is 1.15 bits per heavy atom. The molecule has 5 heteroatoms. The van der Waals surface area contributed by atoms with Crippen LogP contribution in [0.5, 0.6) is 0 Å². The molecular weight excluding hydrogens is 256 g/mol. The van der Waals surface area contributed by atoms with Crippen molar-refractivity contribution in [3.8, 4) is 0 Å². The van der Waals surface area contributed by atoms with Gasteiger partial charge in [-0.1, -0.05) is 0 Å². The molecule has 4 rings (SSSR count). The highest BCUT2D eigenvalue weighted by atomic mass is 16.5. The number of amides is 1. The van der Waals surface area contributed by atoms with Gasteiger partial charge < -0.3 is 19.9 Å². The van der Waals surface area contributed by atoms with Crippen molar-refractivity contribution < 1.29 is 9.53 Å². The number of ether oxygens (including phenoxy) is 1. The fraction of sp³-hybridized carbons (Fsp3) is 0.933. The standard InChI is InChI=1S/C15H23N2O3/c1-20-9-2-3-10-11-6-7-16(19)12-4-5-14(18)17(15(11)12)13(10)8-9/h9-13,15H,2-8H2,1H3/q-1. The lowest BCUT2D eigenvalue weighted by Crippen LogP contribution is -2.59. The normalized spacial score (nSPS) is 48.1. The molecule has 0 bridgehead atoms. The number of carbonyl (C=O) groups excluding carboxylic acids is 1. The maximum Gasteiger partial charge on any atom is 0.223 e. The molecule has 1 saturated carbocycles. The number of fused-ring (bicyclic) bond motifs is 3. The van der Waals surface area contributed by atoms with Gasteiger partial charge in [0.05, 0.1) is 6.10 Å². The molecule has 0 aromatic carbocycles. The van der Waals surface area contributed by atoms with E-state index in [1.54, 1.807) is 7.11 Å². The van der Waals surface area contributed by atoms with Gasteiger partial charge in [0.15, 0.2) is 0 Å². The van der Waals surface area contributed by atoms with Crippen LogP contribution in [0.15, 0.2) is 0 Å². The molecule has 4 aliphatic rings. The highest BCUT2D eigenvalue weighted by Crippen LogP contribution is 2.51. The smallest absolute Gasteiger partial charge is 0.223 e. The molecular formula is C15H23N2O3-. The number of piperidine rings is 2. The van der Waals surface area contributed by atoms with E-state index in [-0.39, 0.29) is 24.1 Å². The van der Waals surface area contributed by atoms with Crippen LogP contribution in [0.4, 0.5) is 0 Å². The molecule has 0 spiro atoms. The maximum absolute atomic E-state index is 12.4. The third kappa shape index (κ3) is 1.69. The maximum atomic E-state index is 12.4. The summed E-state index contributed by atoms with van der Waals surface area (Å²) in [7, 11) is 1.77. The molecule has 0 aromatic rings. The first-order valence-corrected chi connectivity index (χ1v) is 7.98. The van der Waals surface area contributed by atoms with E-state index in [0.717, 1.165) is 32.1 Å². The van der Waals surface area contributed by atoms with Gasteiger partial charge >= 0.3 is 0 Å². The Hall–Kier alpha value is -0.650. The summed E-state index contributed by atoms with van der Waals surface area (Å²) in [5.41, 5.74) is 0. The molecule has 112 valence electrons. The van der Waals surface area contributed by atoms with Crippen LogP contribution >= 0.6 is 0 Å². The van der Waals surface area contributed by atoms with Gasteiger partial charge in [-0.2, -0.15) is 0 Å². The SMILES string of the molecule is COC1CCC2C3CCN([O-])C4CCC(=O)N(C2C1)C34. The van der Waals surface area contributed by atoms with Gasteiger partial charge in [0.2, 0.25) is 5.91 Å². The zero-order chi connectivity index (χ0) is 13.9. The highest BCUT2D eigenvalue weighted by molar-refractivity contribution is 5.78. The van der Waals surface area contributed by atoms with Gasteiger partial charge in [-0.05, 0) is 50.5 Å². The second-order valence-corrected chi connectivity index (χ2v) is 6.89. The van der Waals surface area contributed by atoms with Crippen LogP contribution in [0.25, 0.3) is 0 Å². The van der Waals surface area contributed by atoms with Gasteiger partial charge in [0.1, 0.15) is 0 Å². The van der Waals surface area contributed by atoms with Crippen molar-refractivity contribution in [3.63, 3.8) is 0 Å². The fourth-order valence-electron chi connectivity index (χ4n) is 5.38. The molecule has 4 fully saturated rings. The van der Waals surface area contributed by atoms with E-state index in [1.165, 1.54) is 5.06 Å². The Morgan fingerprint density at radius 3 is 2.80 bits per heavy atom. The van der Waals surface area contributed by atoms with E-state index in [9.17, 15) is 10.0 Å². The first-order chi connectivity index (χ1) is 9.70. The number of hydroxylamine groups is 2. The number of hydrogen-bond donors (Lipinski definition) is 0. The molecule has 3 heterocycles. The van der Waals surface area contributed by atoms with Crippen LogP contribution in [0.2, 0.25) is 0 Å². The van der Waals surface area contributed by atoms with Crippen LogP contribution in [-0.4, -0.2) is 53.8 Å². The minimum atomic E-state index is 0.0537. The third-order valence-electron chi connectivity index (χ3n) is 6.21. The molecule has 1 aliphatic carbocycles. The summed E-state index contributed by atoms with van der Waals surface area (Å²) in [5, 5.41) is 13.4. The van der Waals surface area contributed by atoms with E-state index < -0.39 is 0 Å². The summed E-state index contributed by atoms with van der Waals surface area (Å²) in [6.07, 6.45) is 5.78. The Balaban J connectivity index is 1.67. The van der Waals surface area contributed by atoms with E-state index in [4.69, 9.17) is 4.74 Å². The summed E-state index contributed by atoms with van der Waals surface area (Å²) in [5.74, 6) is 1.43. The molecule has 0 radical (unpaired) electrons. The molecule has 6 unspecified atom stereocenters. The van der Waals surface area contributed by atoms with E-state index in [2.05, 4.69) is 4.90 Å². The number of rotatable bonds is 1. The zero-order valence-electron chi connectivity index (χ0n) is 12.0. The predicted molar refractivity (Wildman–Crippen MR) is 73.8 cm³/mol. The molecule has 0 N–H and O–H groups in total. The molecule has 5 nitrogen and oxygen atoms in total. The van der Waals surface area contributed by atoms with E-state index >= 15 is 0 Å². The van der Waals surface area contributed by atoms with Gasteiger partial charge in [-0.15, -0.1) is 0 Å². The topological polar surface area (TPSA) is 55.8 Å². The molecule has 0 aromatic heterocycles. The van der Waals surface area contributed by atoms with Gasteiger partial charge in [-0.25, -0.2) is 0 Å². The predicted octanol–water partition coefficient (Wildman–Crippen LogP) is 1.36. The molecule has 3 saturated heterocycles. The second kappa shape index (κ2) is 4.68. The fourth-order valence-corrected chi connectivity index (χ4v) is 5.38. The third-order valence-corrected chi connectivity index (χ3v) is 6.21. The average Bonchev–Trinajstić information content (AvgIpc) is 2.80. The van der Waals surface area contributed by atoms with Crippen molar-refractivity contribution in [1.82, 2.24) is 9.96 Å². The van der Waals surface area contributed by atoms with Crippen molar-refractivity contribution in [3.05, 3.63) is 5.21 Å². The Kier molecular flexibility index (Phi) is 3.05. The van der Waals surface area contributed by atoms with Crippen LogP contribution < -0.4 is 0 Å². The van der Waals surface area contributed by atoms with Crippen LogP contribution in [0.3, 0.4) is 0 Å². The summed E-state index contributed by atoms with van der Waals surface area (Å²) in [4.78, 5) is 14.5. The minimum absolute atomic E-state index is 0.0537. The van der Waals surface area contributed by atoms with Gasteiger partial charge in [0.25, 0.3) is 0 Å². The second-order valence-electron chi connectivity index (χ2n) is 6.89. The number of hydrogen-bond acceptors (Lipinski definition) is 4. The van der Waals surface area contributed by atoms with E-state index in [1.807, 2.05) is 0 Å². The van der Waals surface area contributed by atoms with Crippen LogP contribution in [0, 0.1) is 17.0 Å². The first kappa shape index (κ1) is 13.0. The largest absolute Gasteiger partial charge is 0.785 e. The average molecular weight is 279 g/mol. The lowest BCUT2D eigenvalue weighted by molar-refractivity contribution is -0.142. The van der Waals surface area contributed by atoms with Crippen molar-refractivity contribution in [2.45, 2.75) is 62.8 Å². The minimum Gasteiger partial charge on any atom is -0.785 e. The monoisotopic (exact) mass is 279 g/mol. The lowest BCUT2D eigenvalue weighted by atomic mass is 9.73. The van der Waals surface area contributed by atoms with Crippen molar-refractivity contribution in [2.75, 3.05) is 13.7 Å². The summed E-state index contributed by atoms with van der Waals surface area (Å²) in [6, 6.07) is 0.566. The number of nitrogens with zero attached hydrogens (tertiary/aromatic N) is 2. The molecule has 6 atom stereocenters. The van der Waals surface area contributed by atoms with E-state index in [0.29, 0.717) is 30.8 Å². The van der Waals surface area contributed by atoms with Crippen molar-refractivity contribution in [1.29, 1.82) is 0 Å². The summed E-state index contributed by atoms with van der Waals surface area (Å²) in [6.45, 7) is 0.658. The van der Waals surface area contributed by atoms with Gasteiger partial charge in [0, 0.05) is 31.7 Å². The van der Waals surface area contributed by atoms with Crippen LogP contribution in [-0.2, 0) is 9.53 Å². The lowest BCUT2D eigenvalue weighted by Gasteiger charge is -2.52. The molecule has 3 aliphatic heterocycles. The first-order valence-electron chi connectivity index (χ1n) is 7.98. The Morgan fingerprint density at radius 2 is 2.00 bits per heavy atom. The quantitative estimate of drug-likeness (QED) is 0.727.